The SMILES string of the molecule is CCCc1cc(Cl)ccc1C1COc2ccc(CNC)cc2N(CCCC/C=C/NS)C1. The molecule has 2 aromatic rings. The molecule has 0 fully saturated rings. The van der Waals surface area contributed by atoms with Gasteiger partial charge in [0, 0.05) is 36.8 Å². The van der Waals surface area contributed by atoms with E-state index >= 15 is 0 Å². The van der Waals surface area contributed by atoms with Crippen LogP contribution >= 0.6 is 24.4 Å². The Morgan fingerprint density at radius 1 is 1.22 bits per heavy atom. The second kappa shape index (κ2) is 13.0. The van der Waals surface area contributed by atoms with E-state index < -0.39 is 0 Å². The fourth-order valence-corrected chi connectivity index (χ4v) is 4.71. The van der Waals surface area contributed by atoms with Crippen LogP contribution in [0, 0.1) is 0 Å². The molecule has 0 saturated heterocycles. The minimum atomic E-state index is 0.308. The minimum Gasteiger partial charge on any atom is -0.491 e. The van der Waals surface area contributed by atoms with Gasteiger partial charge in [0.15, 0.2) is 0 Å². The molecule has 1 heterocycles. The lowest BCUT2D eigenvalue weighted by Crippen LogP contribution is -2.30. The van der Waals surface area contributed by atoms with Crippen LogP contribution in [-0.2, 0) is 13.0 Å². The van der Waals surface area contributed by atoms with Crippen molar-refractivity contribution in [1.82, 2.24) is 10.0 Å². The highest BCUT2D eigenvalue weighted by Gasteiger charge is 2.26. The molecule has 2 aromatic carbocycles. The van der Waals surface area contributed by atoms with Crippen LogP contribution < -0.4 is 19.7 Å². The van der Waals surface area contributed by atoms with Crippen LogP contribution in [0.15, 0.2) is 48.7 Å². The smallest absolute Gasteiger partial charge is 0.142 e. The Bertz CT molecular complexity index is 889. The standard InChI is InChI=1S/C26H36ClN3OS/c1-3-8-21-16-23(27)10-11-24(21)22-18-30(14-7-5-4-6-13-29-32)25-15-20(17-28-2)9-12-26(25)31-19-22/h6,9-13,15-16,22,28-29,32H,3-5,7-8,14,17-19H2,1-2H3/b13-6+. The summed E-state index contributed by atoms with van der Waals surface area (Å²) in [7, 11) is 1.99. The molecule has 0 bridgehead atoms. The number of ether oxygens (including phenoxy) is 1. The highest BCUT2D eigenvalue weighted by atomic mass is 35.5. The molecule has 2 N–H and O–H groups in total. The van der Waals surface area contributed by atoms with Gasteiger partial charge in [-0.2, -0.15) is 0 Å². The maximum Gasteiger partial charge on any atom is 0.142 e. The summed E-state index contributed by atoms with van der Waals surface area (Å²) in [4.78, 5) is 2.52. The summed E-state index contributed by atoms with van der Waals surface area (Å²) >= 11 is 10.3. The molecule has 1 unspecified atom stereocenters. The second-order valence-corrected chi connectivity index (χ2v) is 9.10. The molecule has 1 aliphatic heterocycles. The van der Waals surface area contributed by atoms with E-state index in [2.05, 4.69) is 71.1 Å². The number of nitrogens with one attached hydrogen (secondary N) is 2. The molecule has 6 heteroatoms. The van der Waals surface area contributed by atoms with E-state index in [1.165, 1.54) is 22.4 Å². The molecule has 0 spiro atoms. The predicted molar refractivity (Wildman–Crippen MR) is 140 cm³/mol. The zero-order chi connectivity index (χ0) is 22.8. The third kappa shape index (κ3) is 6.84. The average Bonchev–Trinajstić information content (AvgIpc) is 2.96. The van der Waals surface area contributed by atoms with E-state index in [-0.39, 0.29) is 0 Å². The second-order valence-electron chi connectivity index (χ2n) is 8.41. The Morgan fingerprint density at radius 3 is 2.88 bits per heavy atom. The Morgan fingerprint density at radius 2 is 2.09 bits per heavy atom. The fraction of sp³-hybridized carbons (Fsp3) is 0.462. The van der Waals surface area contributed by atoms with Gasteiger partial charge in [-0.25, -0.2) is 0 Å². The average molecular weight is 474 g/mol. The molecule has 4 nitrogen and oxygen atoms in total. The van der Waals surface area contributed by atoms with Gasteiger partial charge in [0.25, 0.3) is 0 Å². The van der Waals surface area contributed by atoms with E-state index in [0.29, 0.717) is 12.5 Å². The van der Waals surface area contributed by atoms with E-state index in [1.807, 2.05) is 19.3 Å². The fourth-order valence-electron chi connectivity index (χ4n) is 4.41. The molecule has 0 aliphatic carbocycles. The van der Waals surface area contributed by atoms with Crippen molar-refractivity contribution in [2.45, 2.75) is 51.5 Å². The number of rotatable bonds is 11. The van der Waals surface area contributed by atoms with Gasteiger partial charge in [-0.15, -0.1) is 0 Å². The van der Waals surface area contributed by atoms with Gasteiger partial charge >= 0.3 is 0 Å². The largest absolute Gasteiger partial charge is 0.491 e. The van der Waals surface area contributed by atoms with Gasteiger partial charge < -0.3 is 19.7 Å². The highest BCUT2D eigenvalue weighted by molar-refractivity contribution is 7.78. The van der Waals surface area contributed by atoms with Crippen molar-refractivity contribution in [2.24, 2.45) is 0 Å². The van der Waals surface area contributed by atoms with Gasteiger partial charge in [0.1, 0.15) is 5.75 Å². The van der Waals surface area contributed by atoms with Crippen LogP contribution in [0.1, 0.15) is 55.2 Å². The molecular weight excluding hydrogens is 438 g/mol. The number of allylic oxidation sites excluding steroid dienone is 1. The number of hydrogen-bond donors (Lipinski definition) is 3. The molecule has 0 aromatic heterocycles. The van der Waals surface area contributed by atoms with Crippen molar-refractivity contribution >= 4 is 30.1 Å². The van der Waals surface area contributed by atoms with Crippen molar-refractivity contribution in [2.75, 3.05) is 31.6 Å². The molecule has 3 rings (SSSR count). The normalized spacial score (nSPS) is 16.0. The maximum absolute atomic E-state index is 6.38. The first kappa shape index (κ1) is 24.8. The van der Waals surface area contributed by atoms with E-state index in [9.17, 15) is 0 Å². The zero-order valence-corrected chi connectivity index (χ0v) is 20.9. The minimum absolute atomic E-state index is 0.308. The molecule has 1 aliphatic rings. The molecule has 1 atom stereocenters. The number of hydrogen-bond acceptors (Lipinski definition) is 5. The van der Waals surface area contributed by atoms with Crippen LogP contribution in [0.4, 0.5) is 5.69 Å². The van der Waals surface area contributed by atoms with Gasteiger partial charge in [0.05, 0.1) is 12.3 Å². The van der Waals surface area contributed by atoms with E-state index in [0.717, 1.165) is 62.5 Å². The van der Waals surface area contributed by atoms with Crippen molar-refractivity contribution in [3.63, 3.8) is 0 Å². The number of unbranched alkanes of at least 4 members (excludes halogenated alkanes) is 2. The topological polar surface area (TPSA) is 36.5 Å². The van der Waals surface area contributed by atoms with E-state index in [4.69, 9.17) is 16.3 Å². The molecular formula is C26H36ClN3OS. The lowest BCUT2D eigenvalue weighted by molar-refractivity contribution is 0.299. The first-order chi connectivity index (χ1) is 15.7. The summed E-state index contributed by atoms with van der Waals surface area (Å²) in [6.07, 6.45) is 9.47. The third-order valence-corrected chi connectivity index (χ3v) is 6.32. The number of thiol groups is 1. The highest BCUT2D eigenvalue weighted by Crippen LogP contribution is 2.37. The summed E-state index contributed by atoms with van der Waals surface area (Å²) in [6, 6.07) is 12.9. The number of fused-ring (bicyclic) bond motifs is 1. The third-order valence-electron chi connectivity index (χ3n) is 5.93. The van der Waals surface area contributed by atoms with Crippen molar-refractivity contribution in [3.05, 3.63) is 70.4 Å². The lowest BCUT2D eigenvalue weighted by atomic mass is 9.92. The first-order valence-corrected chi connectivity index (χ1v) is 12.5. The van der Waals surface area contributed by atoms with Crippen LogP contribution in [0.25, 0.3) is 0 Å². The van der Waals surface area contributed by atoms with Gasteiger partial charge in [-0.05, 0) is 73.7 Å². The monoisotopic (exact) mass is 473 g/mol. The summed E-state index contributed by atoms with van der Waals surface area (Å²) in [5.41, 5.74) is 5.20. The zero-order valence-electron chi connectivity index (χ0n) is 19.2. The molecule has 0 radical (unpaired) electrons. The van der Waals surface area contributed by atoms with Crippen molar-refractivity contribution in [1.29, 1.82) is 0 Å². The Kier molecular flexibility index (Phi) is 10.1. The predicted octanol–water partition coefficient (Wildman–Crippen LogP) is 6.11. The molecule has 0 saturated carbocycles. The van der Waals surface area contributed by atoms with Crippen LogP contribution in [-0.4, -0.2) is 26.7 Å². The quantitative estimate of drug-likeness (QED) is 0.271. The molecule has 32 heavy (non-hydrogen) atoms. The first-order valence-electron chi connectivity index (χ1n) is 11.6. The molecule has 174 valence electrons. The summed E-state index contributed by atoms with van der Waals surface area (Å²) in [5.74, 6) is 1.29. The number of benzene rings is 2. The van der Waals surface area contributed by atoms with Gasteiger partial charge in [-0.3, -0.25) is 0 Å². The van der Waals surface area contributed by atoms with Gasteiger partial charge in [0.2, 0.25) is 0 Å². The Labute approximate surface area is 203 Å². The van der Waals surface area contributed by atoms with Crippen LogP contribution in [0.5, 0.6) is 5.75 Å². The lowest BCUT2D eigenvalue weighted by Gasteiger charge is -2.28. The van der Waals surface area contributed by atoms with Crippen molar-refractivity contribution < 1.29 is 4.74 Å². The van der Waals surface area contributed by atoms with Crippen molar-refractivity contribution in [3.8, 4) is 5.75 Å². The summed E-state index contributed by atoms with van der Waals surface area (Å²) in [5, 5.41) is 4.08. The number of anilines is 1. The Balaban J connectivity index is 1.84. The number of halogens is 1. The summed E-state index contributed by atoms with van der Waals surface area (Å²) < 4.78 is 9.14. The van der Waals surface area contributed by atoms with E-state index in [1.54, 1.807) is 0 Å². The molecule has 0 amide bonds. The summed E-state index contributed by atoms with van der Waals surface area (Å²) in [6.45, 7) is 5.71. The number of nitrogens with zero attached hydrogens (tertiary/aromatic N) is 1. The van der Waals surface area contributed by atoms with Crippen LogP contribution in [0.2, 0.25) is 5.02 Å². The number of aryl methyl sites for hydroxylation is 1. The maximum atomic E-state index is 6.38. The van der Waals surface area contributed by atoms with Gasteiger partial charge in [-0.1, -0.05) is 56.0 Å². The van der Waals surface area contributed by atoms with Crippen LogP contribution in [0.3, 0.4) is 0 Å². The Hall–Kier alpha value is -1.82.